The lowest BCUT2D eigenvalue weighted by Gasteiger charge is -2.23. The highest BCUT2D eigenvalue weighted by Crippen LogP contribution is 2.38. The maximum Gasteiger partial charge on any atom is 0.341 e. The Kier molecular flexibility index (Phi) is 5.04. The van der Waals surface area contributed by atoms with Gasteiger partial charge in [0.1, 0.15) is 12.2 Å². The highest BCUT2D eigenvalue weighted by atomic mass is 16.6. The number of hydrogen-bond acceptors (Lipinski definition) is 5. The largest absolute Gasteiger partial charge is 0.460 e. The van der Waals surface area contributed by atoms with Gasteiger partial charge in [-0.3, -0.25) is 4.79 Å². The van der Waals surface area contributed by atoms with Gasteiger partial charge in [0.15, 0.2) is 5.78 Å². The number of aliphatic hydroxyl groups is 1. The summed E-state index contributed by atoms with van der Waals surface area (Å²) >= 11 is 0. The third-order valence-electron chi connectivity index (χ3n) is 3.26. The van der Waals surface area contributed by atoms with Crippen molar-refractivity contribution in [2.45, 2.75) is 38.7 Å². The molecule has 1 N–H and O–H groups in total. The van der Waals surface area contributed by atoms with Crippen LogP contribution < -0.4 is 0 Å². The molecule has 5 heteroatoms. The average molecular weight is 256 g/mol. The monoisotopic (exact) mass is 256 g/mol. The minimum Gasteiger partial charge on any atom is -0.460 e. The minimum atomic E-state index is -1.18. The van der Waals surface area contributed by atoms with Gasteiger partial charge in [-0.25, -0.2) is 4.79 Å². The molecule has 0 aliphatic heterocycles. The van der Waals surface area contributed by atoms with Crippen molar-refractivity contribution in [3.8, 4) is 0 Å². The Hall–Kier alpha value is -1.20. The van der Waals surface area contributed by atoms with Gasteiger partial charge in [0.25, 0.3) is 0 Å². The molecule has 0 amide bonds. The van der Waals surface area contributed by atoms with Gasteiger partial charge in [-0.15, -0.1) is 0 Å². The van der Waals surface area contributed by atoms with E-state index in [0.717, 1.165) is 0 Å². The fourth-order valence-electron chi connectivity index (χ4n) is 2.23. The van der Waals surface area contributed by atoms with Gasteiger partial charge in [-0.1, -0.05) is 13.8 Å². The Labute approximate surface area is 107 Å². The Morgan fingerprint density at radius 2 is 2.06 bits per heavy atom. The number of hydrogen-bond donors (Lipinski definition) is 1. The van der Waals surface area contributed by atoms with E-state index in [-0.39, 0.29) is 31.0 Å². The van der Waals surface area contributed by atoms with Crippen LogP contribution in [0.5, 0.6) is 0 Å². The van der Waals surface area contributed by atoms with Crippen molar-refractivity contribution in [1.29, 1.82) is 0 Å². The molecule has 0 saturated carbocycles. The summed E-state index contributed by atoms with van der Waals surface area (Å²) in [5.41, 5.74) is -0.656. The summed E-state index contributed by atoms with van der Waals surface area (Å²) in [6.45, 7) is 4.00. The van der Waals surface area contributed by atoms with Crippen LogP contribution in [0.15, 0.2) is 11.1 Å². The van der Waals surface area contributed by atoms with Crippen LogP contribution in [-0.2, 0) is 19.1 Å². The first-order valence-electron chi connectivity index (χ1n) is 6.15. The van der Waals surface area contributed by atoms with Crippen LogP contribution in [0.4, 0.5) is 0 Å². The van der Waals surface area contributed by atoms with Crippen molar-refractivity contribution < 1.29 is 24.2 Å². The Morgan fingerprint density at radius 3 is 2.56 bits per heavy atom. The van der Waals surface area contributed by atoms with Gasteiger partial charge in [0.2, 0.25) is 0 Å². The lowest BCUT2D eigenvalue weighted by Crippen LogP contribution is -2.27. The van der Waals surface area contributed by atoms with Crippen molar-refractivity contribution in [3.63, 3.8) is 0 Å². The molecule has 0 aromatic carbocycles. The number of carbonyl (C=O) groups excluding carboxylic acids is 2. The van der Waals surface area contributed by atoms with Crippen molar-refractivity contribution in [1.82, 2.24) is 0 Å². The molecule has 0 aromatic heterocycles. The fraction of sp³-hybridized carbons (Fsp3) is 0.692. The summed E-state index contributed by atoms with van der Waals surface area (Å²) in [5.74, 6) is -0.989. The third kappa shape index (κ3) is 2.79. The van der Waals surface area contributed by atoms with Gasteiger partial charge >= 0.3 is 5.97 Å². The molecule has 102 valence electrons. The molecular formula is C13H20O5. The zero-order valence-electron chi connectivity index (χ0n) is 11.1. The first-order valence-corrected chi connectivity index (χ1v) is 6.15. The van der Waals surface area contributed by atoms with Crippen LogP contribution in [-0.4, -0.2) is 42.8 Å². The van der Waals surface area contributed by atoms with E-state index >= 15 is 0 Å². The zero-order chi connectivity index (χ0) is 13.8. The molecule has 1 rings (SSSR count). The molecule has 0 heterocycles. The second-order valence-electron chi connectivity index (χ2n) is 4.32. The van der Waals surface area contributed by atoms with Crippen LogP contribution in [0, 0.1) is 0 Å². The quantitative estimate of drug-likeness (QED) is 0.436. The average Bonchev–Trinajstić information content (AvgIpc) is 2.61. The molecule has 1 atom stereocenters. The molecule has 0 aromatic rings. The summed E-state index contributed by atoms with van der Waals surface area (Å²) in [7, 11) is 1.50. The highest BCUT2D eigenvalue weighted by Gasteiger charge is 2.44. The molecule has 0 fully saturated rings. The van der Waals surface area contributed by atoms with Gasteiger partial charge in [-0.2, -0.15) is 0 Å². The molecule has 1 unspecified atom stereocenters. The van der Waals surface area contributed by atoms with Crippen molar-refractivity contribution in [3.05, 3.63) is 11.1 Å². The summed E-state index contributed by atoms with van der Waals surface area (Å²) < 4.78 is 9.72. The Balaban J connectivity index is 2.92. The molecule has 1 aliphatic rings. The van der Waals surface area contributed by atoms with Crippen LogP contribution in [0.1, 0.15) is 33.1 Å². The third-order valence-corrected chi connectivity index (χ3v) is 3.26. The normalized spacial score (nSPS) is 23.7. The number of ether oxygens (including phenoxy) is 2. The van der Waals surface area contributed by atoms with E-state index in [2.05, 4.69) is 0 Å². The molecule has 0 saturated heterocycles. The number of rotatable bonds is 6. The summed E-state index contributed by atoms with van der Waals surface area (Å²) in [6, 6.07) is 0. The minimum absolute atomic E-state index is 0.0259. The van der Waals surface area contributed by atoms with Gasteiger partial charge in [0, 0.05) is 13.5 Å². The van der Waals surface area contributed by atoms with E-state index in [1.165, 1.54) is 7.11 Å². The van der Waals surface area contributed by atoms with Crippen LogP contribution in [0.3, 0.4) is 0 Å². The van der Waals surface area contributed by atoms with E-state index in [1.54, 1.807) is 6.92 Å². The van der Waals surface area contributed by atoms with E-state index in [4.69, 9.17) is 9.47 Å². The molecule has 0 bridgehead atoms. The van der Waals surface area contributed by atoms with Gasteiger partial charge in [0.05, 0.1) is 12.2 Å². The van der Waals surface area contributed by atoms with E-state index in [9.17, 15) is 14.7 Å². The van der Waals surface area contributed by atoms with Crippen LogP contribution in [0.2, 0.25) is 0 Å². The summed E-state index contributed by atoms with van der Waals surface area (Å²) in [4.78, 5) is 23.7. The van der Waals surface area contributed by atoms with Gasteiger partial charge < -0.3 is 14.6 Å². The second kappa shape index (κ2) is 6.11. The lowest BCUT2D eigenvalue weighted by molar-refractivity contribution is -0.141. The fourth-order valence-corrected chi connectivity index (χ4v) is 2.23. The number of esters is 1. The number of ketones is 1. The van der Waals surface area contributed by atoms with Crippen molar-refractivity contribution >= 4 is 11.8 Å². The number of Topliss-reactive ketones (excluding diaryl/α,β-unsaturated/α-hetero) is 1. The highest BCUT2D eigenvalue weighted by molar-refractivity contribution is 6.20. The number of methoxy groups -OCH3 is 1. The zero-order valence-corrected chi connectivity index (χ0v) is 11.1. The molecule has 0 radical (unpaired) electrons. The smallest absolute Gasteiger partial charge is 0.341 e. The molecule has 18 heavy (non-hydrogen) atoms. The maximum atomic E-state index is 11.8. The Morgan fingerprint density at radius 1 is 1.39 bits per heavy atom. The summed E-state index contributed by atoms with van der Waals surface area (Å²) in [6.07, 6.45) is 0.850. The standard InChI is InChI=1S/C13H20O5/c1-4-9-11(12(15)18-7-6-17-3)10(14)8-13(9,16)5-2/h16H,4-8H2,1-3H3. The SMILES string of the molecule is CCC1=C(C(=O)OCCOC)C(=O)CC1(O)CC. The molecule has 0 spiro atoms. The van der Waals surface area contributed by atoms with Crippen molar-refractivity contribution in [2.75, 3.05) is 20.3 Å². The molecule has 5 nitrogen and oxygen atoms in total. The van der Waals surface area contributed by atoms with Crippen LogP contribution >= 0.6 is 0 Å². The van der Waals surface area contributed by atoms with Gasteiger partial charge in [-0.05, 0) is 18.4 Å². The maximum absolute atomic E-state index is 11.8. The predicted octanol–water partition coefficient (Wildman–Crippen LogP) is 0.996. The predicted molar refractivity (Wildman–Crippen MR) is 65.0 cm³/mol. The molecule has 1 aliphatic carbocycles. The number of carbonyl (C=O) groups is 2. The molecular weight excluding hydrogens is 236 g/mol. The second-order valence-corrected chi connectivity index (χ2v) is 4.32. The van der Waals surface area contributed by atoms with E-state index in [0.29, 0.717) is 18.4 Å². The lowest BCUT2D eigenvalue weighted by atomic mass is 9.90. The first kappa shape index (κ1) is 14.9. The first-order chi connectivity index (χ1) is 8.50. The topological polar surface area (TPSA) is 72.8 Å². The van der Waals surface area contributed by atoms with Crippen LogP contribution in [0.25, 0.3) is 0 Å². The van der Waals surface area contributed by atoms with Crippen molar-refractivity contribution in [2.24, 2.45) is 0 Å². The summed E-state index contributed by atoms with van der Waals surface area (Å²) in [5, 5.41) is 10.3. The Bertz CT molecular complexity index is 372. The van der Waals surface area contributed by atoms with E-state index < -0.39 is 11.6 Å². The van der Waals surface area contributed by atoms with E-state index in [1.807, 2.05) is 6.92 Å².